The first kappa shape index (κ1) is 10.7. The summed E-state index contributed by atoms with van der Waals surface area (Å²) in [4.78, 5) is 6.79. The van der Waals surface area contributed by atoms with Crippen molar-refractivity contribution in [3.05, 3.63) is 11.1 Å². The quantitative estimate of drug-likeness (QED) is 0.803. The maximum Gasteiger partial charge on any atom is 0.186 e. The van der Waals surface area contributed by atoms with Gasteiger partial charge >= 0.3 is 0 Å². The minimum absolute atomic E-state index is 0.723. The molecular formula is C10H12N4O2S. The van der Waals surface area contributed by atoms with Crippen molar-refractivity contribution in [1.82, 2.24) is 15.3 Å². The summed E-state index contributed by atoms with van der Waals surface area (Å²) < 4.78 is 10.0. The summed E-state index contributed by atoms with van der Waals surface area (Å²) in [7, 11) is 0. The first-order valence-corrected chi connectivity index (χ1v) is 6.30. The highest BCUT2D eigenvalue weighted by atomic mass is 32.1. The summed E-state index contributed by atoms with van der Waals surface area (Å²) in [5.41, 5.74) is 2.32. The second kappa shape index (κ2) is 4.42. The fourth-order valence-electron chi connectivity index (χ4n) is 1.74. The van der Waals surface area contributed by atoms with Crippen LogP contribution >= 0.6 is 11.3 Å². The van der Waals surface area contributed by atoms with E-state index in [2.05, 4.69) is 24.8 Å². The lowest BCUT2D eigenvalue weighted by Gasteiger charge is -2.25. The predicted molar refractivity (Wildman–Crippen MR) is 63.2 cm³/mol. The van der Waals surface area contributed by atoms with E-state index in [0.717, 1.165) is 48.5 Å². The molecule has 7 heteroatoms. The first-order chi connectivity index (χ1) is 8.34. The molecule has 1 fully saturated rings. The summed E-state index contributed by atoms with van der Waals surface area (Å²) in [6.07, 6.45) is 0. The highest BCUT2D eigenvalue weighted by molar-refractivity contribution is 7.14. The summed E-state index contributed by atoms with van der Waals surface area (Å²) >= 11 is 1.61. The van der Waals surface area contributed by atoms with Crippen LogP contribution < -0.4 is 4.90 Å². The van der Waals surface area contributed by atoms with E-state index in [1.54, 1.807) is 11.3 Å². The Labute approximate surface area is 102 Å². The van der Waals surface area contributed by atoms with Crippen molar-refractivity contribution < 1.29 is 9.37 Å². The van der Waals surface area contributed by atoms with Crippen LogP contribution in [-0.2, 0) is 4.74 Å². The van der Waals surface area contributed by atoms with Gasteiger partial charge in [-0.05, 0) is 12.1 Å². The van der Waals surface area contributed by atoms with Gasteiger partial charge in [0.15, 0.2) is 10.8 Å². The fraction of sp³-hybridized carbons (Fsp3) is 0.500. The molecule has 3 heterocycles. The van der Waals surface area contributed by atoms with Gasteiger partial charge in [-0.1, -0.05) is 5.16 Å². The van der Waals surface area contributed by atoms with Gasteiger partial charge in [0.1, 0.15) is 11.4 Å². The molecule has 0 saturated carbocycles. The molecule has 6 nitrogen and oxygen atoms in total. The zero-order chi connectivity index (χ0) is 11.7. The van der Waals surface area contributed by atoms with Crippen molar-refractivity contribution in [2.24, 2.45) is 0 Å². The summed E-state index contributed by atoms with van der Waals surface area (Å²) in [6.45, 7) is 5.17. The van der Waals surface area contributed by atoms with Crippen molar-refractivity contribution in [1.29, 1.82) is 0 Å². The molecule has 90 valence electrons. The number of ether oxygens (including phenoxy) is 1. The highest BCUT2D eigenvalue weighted by Crippen LogP contribution is 2.27. The molecule has 0 aliphatic carbocycles. The van der Waals surface area contributed by atoms with Crippen LogP contribution in [0.25, 0.3) is 11.4 Å². The molecule has 0 amide bonds. The third-order valence-corrected chi connectivity index (χ3v) is 3.57. The van der Waals surface area contributed by atoms with Crippen LogP contribution in [0.1, 0.15) is 5.69 Å². The van der Waals surface area contributed by atoms with E-state index in [9.17, 15) is 0 Å². The van der Waals surface area contributed by atoms with Crippen LogP contribution in [0.15, 0.2) is 10.0 Å². The summed E-state index contributed by atoms with van der Waals surface area (Å²) in [5, 5.41) is 10.6. The van der Waals surface area contributed by atoms with Crippen molar-refractivity contribution in [2.75, 3.05) is 31.2 Å². The van der Waals surface area contributed by atoms with Crippen LogP contribution in [0.2, 0.25) is 0 Å². The van der Waals surface area contributed by atoms with Gasteiger partial charge in [0.05, 0.1) is 13.2 Å². The average Bonchev–Trinajstić information content (AvgIpc) is 2.98. The van der Waals surface area contributed by atoms with Crippen molar-refractivity contribution in [2.45, 2.75) is 6.92 Å². The number of morpholine rings is 1. The molecule has 0 N–H and O–H groups in total. The Bertz CT molecular complexity index is 504. The minimum atomic E-state index is 0.723. The van der Waals surface area contributed by atoms with Crippen LogP contribution in [0.3, 0.4) is 0 Å². The second-order valence-electron chi connectivity index (χ2n) is 3.81. The van der Waals surface area contributed by atoms with Gasteiger partial charge in [-0.15, -0.1) is 11.3 Å². The van der Waals surface area contributed by atoms with Crippen LogP contribution in [-0.4, -0.2) is 41.6 Å². The Morgan fingerprint density at radius 1 is 1.29 bits per heavy atom. The molecule has 2 aromatic rings. The largest absolute Gasteiger partial charge is 0.378 e. The first-order valence-electron chi connectivity index (χ1n) is 5.42. The van der Waals surface area contributed by atoms with E-state index in [1.165, 1.54) is 0 Å². The third kappa shape index (κ3) is 2.03. The molecule has 17 heavy (non-hydrogen) atoms. The normalized spacial score (nSPS) is 16.4. The van der Waals surface area contributed by atoms with Crippen molar-refractivity contribution in [3.8, 4) is 11.4 Å². The Kier molecular flexibility index (Phi) is 2.77. The molecule has 0 aromatic carbocycles. The van der Waals surface area contributed by atoms with E-state index < -0.39 is 0 Å². The highest BCUT2D eigenvalue weighted by Gasteiger charge is 2.17. The van der Waals surface area contributed by atoms with Gasteiger partial charge in [-0.3, -0.25) is 0 Å². The zero-order valence-electron chi connectivity index (χ0n) is 9.42. The molecular weight excluding hydrogens is 240 g/mol. The number of nitrogens with zero attached hydrogens (tertiary/aromatic N) is 4. The van der Waals surface area contributed by atoms with Gasteiger partial charge in [-0.2, -0.15) is 0 Å². The maximum absolute atomic E-state index is 5.32. The molecule has 3 rings (SSSR count). The molecule has 0 bridgehead atoms. The van der Waals surface area contributed by atoms with Crippen molar-refractivity contribution >= 4 is 16.5 Å². The summed E-state index contributed by atoms with van der Waals surface area (Å²) in [5.74, 6) is 0. The van der Waals surface area contributed by atoms with E-state index in [0.29, 0.717) is 0 Å². The lowest BCUT2D eigenvalue weighted by molar-refractivity contribution is 0.122. The smallest absolute Gasteiger partial charge is 0.186 e. The Balaban J connectivity index is 1.85. The van der Waals surface area contributed by atoms with Gasteiger partial charge in [0.2, 0.25) is 0 Å². The number of hydrogen-bond donors (Lipinski definition) is 0. The number of aromatic nitrogens is 3. The molecule has 1 saturated heterocycles. The van der Waals surface area contributed by atoms with Gasteiger partial charge in [0, 0.05) is 18.5 Å². The Hall–Kier alpha value is -1.47. The van der Waals surface area contributed by atoms with E-state index in [4.69, 9.17) is 4.74 Å². The van der Waals surface area contributed by atoms with Crippen LogP contribution in [0, 0.1) is 6.92 Å². The third-order valence-electron chi connectivity index (χ3n) is 2.67. The van der Waals surface area contributed by atoms with E-state index in [-0.39, 0.29) is 0 Å². The SMILES string of the molecule is Cc1nonc1-c1csc(N2CCOCC2)n1. The topological polar surface area (TPSA) is 64.3 Å². The number of anilines is 1. The average molecular weight is 252 g/mol. The molecule has 0 radical (unpaired) electrons. The molecule has 1 aliphatic heterocycles. The Morgan fingerprint density at radius 2 is 2.12 bits per heavy atom. The number of aryl methyl sites for hydroxylation is 1. The van der Waals surface area contributed by atoms with Crippen LogP contribution in [0.4, 0.5) is 5.13 Å². The van der Waals surface area contributed by atoms with Crippen molar-refractivity contribution in [3.63, 3.8) is 0 Å². The standard InChI is InChI=1S/C10H12N4O2S/c1-7-9(13-16-12-7)8-6-17-10(11-8)14-2-4-15-5-3-14/h6H,2-5H2,1H3. The van der Waals surface area contributed by atoms with E-state index >= 15 is 0 Å². The van der Waals surface area contributed by atoms with Gasteiger partial charge in [-0.25, -0.2) is 9.61 Å². The molecule has 1 aliphatic rings. The minimum Gasteiger partial charge on any atom is -0.378 e. The summed E-state index contributed by atoms with van der Waals surface area (Å²) in [6, 6.07) is 0. The number of rotatable bonds is 2. The van der Waals surface area contributed by atoms with Gasteiger partial charge < -0.3 is 9.64 Å². The lowest BCUT2D eigenvalue weighted by Crippen LogP contribution is -2.36. The monoisotopic (exact) mass is 252 g/mol. The molecule has 0 atom stereocenters. The predicted octanol–water partition coefficient (Wildman–Crippen LogP) is 1.34. The fourth-order valence-corrected chi connectivity index (χ4v) is 2.60. The Morgan fingerprint density at radius 3 is 2.82 bits per heavy atom. The van der Waals surface area contributed by atoms with Crippen LogP contribution in [0.5, 0.6) is 0 Å². The number of thiazole rings is 1. The van der Waals surface area contributed by atoms with Gasteiger partial charge in [0.25, 0.3) is 0 Å². The molecule has 0 spiro atoms. The molecule has 2 aromatic heterocycles. The number of hydrogen-bond acceptors (Lipinski definition) is 7. The molecule has 0 unspecified atom stereocenters. The zero-order valence-corrected chi connectivity index (χ0v) is 10.2. The second-order valence-corrected chi connectivity index (χ2v) is 4.65. The maximum atomic E-state index is 5.32. The van der Waals surface area contributed by atoms with E-state index in [1.807, 2.05) is 12.3 Å². The lowest BCUT2D eigenvalue weighted by atomic mass is 10.3.